The Labute approximate surface area is 139 Å². The van der Waals surface area contributed by atoms with Crippen molar-refractivity contribution in [3.8, 4) is 6.07 Å². The van der Waals surface area contributed by atoms with Crippen molar-refractivity contribution in [3.63, 3.8) is 0 Å². The molecule has 0 spiro atoms. The van der Waals surface area contributed by atoms with E-state index in [1.807, 2.05) is 0 Å². The van der Waals surface area contributed by atoms with E-state index in [4.69, 9.17) is 16.9 Å². The van der Waals surface area contributed by atoms with E-state index in [0.29, 0.717) is 0 Å². The zero-order valence-electron chi connectivity index (χ0n) is 13.7. The Morgan fingerprint density at radius 1 is 1.52 bits per heavy atom. The summed E-state index contributed by atoms with van der Waals surface area (Å²) < 4.78 is 14.0. The molecule has 1 heterocycles. The van der Waals surface area contributed by atoms with Crippen LogP contribution in [0.2, 0.25) is 5.15 Å². The van der Waals surface area contributed by atoms with E-state index < -0.39 is 29.5 Å². The maximum Gasteiger partial charge on any atom is 0.408 e. The largest absolute Gasteiger partial charge is 0.465 e. The van der Waals surface area contributed by atoms with Crippen molar-refractivity contribution in [2.45, 2.75) is 52.2 Å². The summed E-state index contributed by atoms with van der Waals surface area (Å²) in [4.78, 5) is 16.6. The van der Waals surface area contributed by atoms with E-state index >= 15 is 0 Å². The number of nitriles is 1. The molecule has 0 saturated heterocycles. The van der Waals surface area contributed by atoms with Crippen molar-refractivity contribution in [3.05, 3.63) is 22.6 Å². The van der Waals surface area contributed by atoms with E-state index in [-0.39, 0.29) is 16.5 Å². The van der Waals surface area contributed by atoms with E-state index in [1.54, 1.807) is 40.7 Å². The van der Waals surface area contributed by atoms with Crippen LogP contribution in [0.25, 0.3) is 0 Å². The van der Waals surface area contributed by atoms with Crippen molar-refractivity contribution in [1.82, 2.24) is 9.88 Å². The lowest BCUT2D eigenvalue weighted by atomic mass is 10.0. The SMILES string of the molecule is C[C@H]([C@@H](C)Nc1nc(Cl)c(C#N)cc1F)N(C(=O)O)C(C)(C)C. The third kappa shape index (κ3) is 4.45. The second kappa shape index (κ2) is 7.01. The van der Waals surface area contributed by atoms with Crippen LogP contribution in [0.1, 0.15) is 40.2 Å². The molecule has 0 radical (unpaired) electrons. The Bertz CT molecular complexity index is 640. The highest BCUT2D eigenvalue weighted by Crippen LogP contribution is 2.23. The highest BCUT2D eigenvalue weighted by Gasteiger charge is 2.33. The van der Waals surface area contributed by atoms with Crippen LogP contribution < -0.4 is 5.32 Å². The van der Waals surface area contributed by atoms with Crippen LogP contribution >= 0.6 is 11.6 Å². The maximum atomic E-state index is 14.0. The second-order valence-corrected chi connectivity index (χ2v) is 6.62. The standard InChI is InChI=1S/C15H20ClFN4O2/c1-8(9(2)21(14(22)23)15(3,4)5)19-13-11(17)6-10(7-18)12(16)20-13/h6,8-9H,1-5H3,(H,19,20)(H,22,23)/t8-,9-/m1/s1. The number of nitrogens with zero attached hydrogens (tertiary/aromatic N) is 3. The molecular formula is C15H20ClFN4O2. The molecule has 0 aliphatic carbocycles. The molecule has 8 heteroatoms. The summed E-state index contributed by atoms with van der Waals surface area (Å²) in [5.41, 5.74) is -0.674. The van der Waals surface area contributed by atoms with Gasteiger partial charge in [-0.15, -0.1) is 0 Å². The minimum atomic E-state index is -1.06. The van der Waals surface area contributed by atoms with E-state index in [0.717, 1.165) is 6.07 Å². The van der Waals surface area contributed by atoms with Crippen LogP contribution in [0.5, 0.6) is 0 Å². The van der Waals surface area contributed by atoms with Crippen molar-refractivity contribution in [2.75, 3.05) is 5.32 Å². The van der Waals surface area contributed by atoms with Crippen molar-refractivity contribution in [1.29, 1.82) is 5.26 Å². The number of aromatic nitrogens is 1. The Morgan fingerprint density at radius 3 is 2.52 bits per heavy atom. The molecule has 2 N–H and O–H groups in total. The molecule has 1 amide bonds. The molecule has 0 fully saturated rings. The van der Waals surface area contributed by atoms with Gasteiger partial charge in [0.2, 0.25) is 0 Å². The number of hydrogen-bond acceptors (Lipinski definition) is 4. The predicted molar refractivity (Wildman–Crippen MR) is 86.1 cm³/mol. The lowest BCUT2D eigenvalue weighted by molar-refractivity contribution is 0.0710. The molecule has 23 heavy (non-hydrogen) atoms. The molecule has 1 aromatic rings. The van der Waals surface area contributed by atoms with Crippen LogP contribution in [-0.4, -0.2) is 38.7 Å². The normalized spacial score (nSPS) is 13.8. The highest BCUT2D eigenvalue weighted by atomic mass is 35.5. The van der Waals surface area contributed by atoms with Crippen LogP contribution in [0.15, 0.2) is 6.07 Å². The third-order valence-corrected chi connectivity index (χ3v) is 3.76. The van der Waals surface area contributed by atoms with Gasteiger partial charge in [-0.05, 0) is 40.7 Å². The van der Waals surface area contributed by atoms with Gasteiger partial charge in [-0.25, -0.2) is 14.2 Å². The number of anilines is 1. The number of rotatable bonds is 4. The molecule has 0 bridgehead atoms. The summed E-state index contributed by atoms with van der Waals surface area (Å²) in [6.07, 6.45) is -1.06. The smallest absolute Gasteiger partial charge is 0.408 e. The first-order valence-corrected chi connectivity index (χ1v) is 7.41. The van der Waals surface area contributed by atoms with Gasteiger partial charge in [-0.1, -0.05) is 11.6 Å². The topological polar surface area (TPSA) is 89.3 Å². The summed E-state index contributed by atoms with van der Waals surface area (Å²) in [6.45, 7) is 8.78. The first-order chi connectivity index (χ1) is 10.5. The van der Waals surface area contributed by atoms with Crippen LogP contribution in [0.3, 0.4) is 0 Å². The number of hydrogen-bond donors (Lipinski definition) is 2. The average molecular weight is 343 g/mol. The average Bonchev–Trinajstić information content (AvgIpc) is 2.40. The molecule has 2 atom stereocenters. The van der Waals surface area contributed by atoms with Crippen LogP contribution in [-0.2, 0) is 0 Å². The highest BCUT2D eigenvalue weighted by molar-refractivity contribution is 6.30. The summed E-state index contributed by atoms with van der Waals surface area (Å²) in [5, 5.41) is 20.9. The molecule has 6 nitrogen and oxygen atoms in total. The van der Waals surface area contributed by atoms with Gasteiger partial charge in [-0.3, -0.25) is 4.90 Å². The maximum absolute atomic E-state index is 14.0. The number of amides is 1. The van der Waals surface area contributed by atoms with Crippen LogP contribution in [0, 0.1) is 17.1 Å². The zero-order chi connectivity index (χ0) is 17.9. The van der Waals surface area contributed by atoms with Crippen molar-refractivity contribution >= 4 is 23.5 Å². The molecular weight excluding hydrogens is 323 g/mol. The number of carbonyl (C=O) groups is 1. The van der Waals surface area contributed by atoms with Gasteiger partial charge in [0.15, 0.2) is 11.6 Å². The molecule has 1 rings (SSSR count). The van der Waals surface area contributed by atoms with Crippen molar-refractivity contribution in [2.24, 2.45) is 0 Å². The molecule has 0 aliphatic heterocycles. The lowest BCUT2D eigenvalue weighted by Gasteiger charge is -2.40. The number of pyridine rings is 1. The molecule has 126 valence electrons. The Morgan fingerprint density at radius 2 is 2.09 bits per heavy atom. The second-order valence-electron chi connectivity index (χ2n) is 6.27. The molecule has 0 unspecified atom stereocenters. The minimum Gasteiger partial charge on any atom is -0.465 e. The first-order valence-electron chi connectivity index (χ1n) is 7.04. The van der Waals surface area contributed by atoms with Gasteiger partial charge in [-0.2, -0.15) is 5.26 Å². The van der Waals surface area contributed by atoms with Crippen LogP contribution in [0.4, 0.5) is 15.0 Å². The quantitative estimate of drug-likeness (QED) is 0.814. The molecule has 0 saturated carbocycles. The first kappa shape index (κ1) is 19.0. The number of carboxylic acid groups (broad SMARTS) is 1. The van der Waals surface area contributed by atoms with Gasteiger partial charge < -0.3 is 10.4 Å². The third-order valence-electron chi connectivity index (χ3n) is 3.47. The number of halogens is 2. The van der Waals surface area contributed by atoms with Gasteiger partial charge in [0, 0.05) is 11.6 Å². The zero-order valence-corrected chi connectivity index (χ0v) is 14.4. The summed E-state index contributed by atoms with van der Waals surface area (Å²) in [5.74, 6) is -0.838. The van der Waals surface area contributed by atoms with E-state index in [9.17, 15) is 14.3 Å². The monoisotopic (exact) mass is 342 g/mol. The fraction of sp³-hybridized carbons (Fsp3) is 0.533. The van der Waals surface area contributed by atoms with E-state index in [1.165, 1.54) is 4.90 Å². The van der Waals surface area contributed by atoms with Gasteiger partial charge in [0.1, 0.15) is 11.2 Å². The predicted octanol–water partition coefficient (Wildman–Crippen LogP) is 3.71. The van der Waals surface area contributed by atoms with E-state index in [2.05, 4.69) is 10.3 Å². The Balaban J connectivity index is 3.03. The lowest BCUT2D eigenvalue weighted by Crippen LogP contribution is -2.55. The van der Waals surface area contributed by atoms with Gasteiger partial charge >= 0.3 is 6.09 Å². The summed E-state index contributed by atoms with van der Waals surface area (Å²) in [7, 11) is 0. The summed E-state index contributed by atoms with van der Waals surface area (Å²) in [6, 6.07) is 1.85. The van der Waals surface area contributed by atoms with Gasteiger partial charge in [0.25, 0.3) is 0 Å². The summed E-state index contributed by atoms with van der Waals surface area (Å²) >= 11 is 5.81. The van der Waals surface area contributed by atoms with Crippen molar-refractivity contribution < 1.29 is 14.3 Å². The fourth-order valence-electron chi connectivity index (χ4n) is 2.28. The fourth-order valence-corrected chi connectivity index (χ4v) is 2.46. The molecule has 0 aromatic carbocycles. The molecule has 0 aliphatic rings. The minimum absolute atomic E-state index is 0.0581. The van der Waals surface area contributed by atoms with Gasteiger partial charge in [0.05, 0.1) is 11.6 Å². The number of nitrogens with one attached hydrogen (secondary N) is 1. The molecule has 1 aromatic heterocycles. The Kier molecular flexibility index (Phi) is 5.78. The Hall–Kier alpha value is -2.07.